The topological polar surface area (TPSA) is 117 Å². The fourth-order valence-electron chi connectivity index (χ4n) is 4.73. The van der Waals surface area contributed by atoms with Crippen molar-refractivity contribution in [1.29, 1.82) is 0 Å². The van der Waals surface area contributed by atoms with E-state index in [1.165, 1.54) is 23.1 Å². The van der Waals surface area contributed by atoms with Gasteiger partial charge in [0, 0.05) is 29.6 Å². The average Bonchev–Trinajstić information content (AvgIpc) is 2.97. The van der Waals surface area contributed by atoms with Gasteiger partial charge in [-0.15, -0.1) is 0 Å². The van der Waals surface area contributed by atoms with Crippen LogP contribution in [0.1, 0.15) is 54.7 Å². The minimum absolute atomic E-state index is 0.0481. The second-order valence-corrected chi connectivity index (χ2v) is 9.84. The first-order valence-corrected chi connectivity index (χ1v) is 13.3. The predicted molar refractivity (Wildman–Crippen MR) is 152 cm³/mol. The molecule has 0 radical (unpaired) electrons. The van der Waals surface area contributed by atoms with Crippen molar-refractivity contribution in [3.05, 3.63) is 102 Å². The number of amides is 1. The van der Waals surface area contributed by atoms with Gasteiger partial charge in [-0.1, -0.05) is 44.2 Å². The number of nitrogens with zero attached hydrogens (tertiary/aromatic N) is 2. The van der Waals surface area contributed by atoms with Crippen LogP contribution < -0.4 is 9.64 Å². The SMILES string of the molecule is CCC(CC)(CC(=O)N(Cc1ccccc1C(=O)O)c1cccc(OCc2ccc3ccc(F)cc3n2)c1)C(=O)O. The van der Waals surface area contributed by atoms with Crippen LogP contribution in [0.2, 0.25) is 0 Å². The fourth-order valence-corrected chi connectivity index (χ4v) is 4.73. The van der Waals surface area contributed by atoms with E-state index < -0.39 is 23.3 Å². The van der Waals surface area contributed by atoms with Crippen molar-refractivity contribution >= 4 is 34.4 Å². The van der Waals surface area contributed by atoms with Crippen LogP contribution in [-0.2, 0) is 22.7 Å². The third-order valence-electron chi connectivity index (χ3n) is 7.40. The van der Waals surface area contributed by atoms with Crippen LogP contribution >= 0.6 is 0 Å². The number of pyridine rings is 1. The first kappa shape index (κ1) is 29.2. The largest absolute Gasteiger partial charge is 0.487 e. The van der Waals surface area contributed by atoms with Crippen molar-refractivity contribution < 1.29 is 33.7 Å². The third-order valence-corrected chi connectivity index (χ3v) is 7.40. The zero-order valence-electron chi connectivity index (χ0n) is 22.8. The Kier molecular flexibility index (Phi) is 8.97. The molecule has 0 aliphatic carbocycles. The Balaban J connectivity index is 1.64. The summed E-state index contributed by atoms with van der Waals surface area (Å²) in [6, 6.07) is 21.1. The van der Waals surface area contributed by atoms with E-state index in [9.17, 15) is 29.0 Å². The number of carboxylic acid groups (broad SMARTS) is 2. The summed E-state index contributed by atoms with van der Waals surface area (Å²) >= 11 is 0. The van der Waals surface area contributed by atoms with Gasteiger partial charge >= 0.3 is 11.9 Å². The minimum Gasteiger partial charge on any atom is -0.487 e. The predicted octanol–water partition coefficient (Wildman–Crippen LogP) is 6.47. The molecule has 0 saturated heterocycles. The van der Waals surface area contributed by atoms with Crippen molar-refractivity contribution in [2.75, 3.05) is 4.90 Å². The van der Waals surface area contributed by atoms with E-state index in [4.69, 9.17) is 4.74 Å². The average molecular weight is 559 g/mol. The molecule has 0 saturated carbocycles. The molecule has 0 unspecified atom stereocenters. The van der Waals surface area contributed by atoms with Gasteiger partial charge in [-0.2, -0.15) is 0 Å². The number of carboxylic acids is 2. The summed E-state index contributed by atoms with van der Waals surface area (Å²) in [7, 11) is 0. The molecule has 1 amide bonds. The van der Waals surface area contributed by atoms with Gasteiger partial charge in [0.05, 0.1) is 28.7 Å². The number of halogens is 1. The molecule has 41 heavy (non-hydrogen) atoms. The fraction of sp³-hybridized carbons (Fsp3) is 0.250. The standard InChI is InChI=1S/C32H31FN2O6/c1-3-32(4-2,31(39)40)18-29(36)35(19-22-8-5-6-11-27(22)30(37)38)25-9-7-10-26(17-25)41-20-24-15-13-21-12-14-23(33)16-28(21)34-24/h5-17H,3-4,18-20H2,1-2H3,(H,37,38)(H,39,40). The highest BCUT2D eigenvalue weighted by Crippen LogP contribution is 2.34. The van der Waals surface area contributed by atoms with E-state index in [1.807, 2.05) is 6.07 Å². The van der Waals surface area contributed by atoms with Crippen LogP contribution in [0.15, 0.2) is 78.9 Å². The van der Waals surface area contributed by atoms with E-state index in [2.05, 4.69) is 4.98 Å². The number of fused-ring (bicyclic) bond motifs is 1. The van der Waals surface area contributed by atoms with Gasteiger partial charge in [0.2, 0.25) is 5.91 Å². The maximum Gasteiger partial charge on any atom is 0.336 e. The molecule has 8 nitrogen and oxygen atoms in total. The summed E-state index contributed by atoms with van der Waals surface area (Å²) in [6.45, 7) is 3.47. The second kappa shape index (κ2) is 12.6. The number of ether oxygens (including phenoxy) is 1. The number of carbonyl (C=O) groups excluding carboxylic acids is 1. The molecule has 1 aromatic heterocycles. The number of benzene rings is 3. The lowest BCUT2D eigenvalue weighted by atomic mass is 9.79. The summed E-state index contributed by atoms with van der Waals surface area (Å²) in [5, 5.41) is 20.4. The lowest BCUT2D eigenvalue weighted by Crippen LogP contribution is -2.39. The molecular formula is C32H31FN2O6. The molecule has 0 fully saturated rings. The molecule has 0 aliphatic rings. The lowest BCUT2D eigenvalue weighted by Gasteiger charge is -2.31. The number of hydrogen-bond donors (Lipinski definition) is 2. The van der Waals surface area contributed by atoms with Crippen LogP contribution in [0.3, 0.4) is 0 Å². The Labute approximate surface area is 237 Å². The molecule has 0 atom stereocenters. The van der Waals surface area contributed by atoms with Crippen molar-refractivity contribution in [2.45, 2.75) is 46.3 Å². The van der Waals surface area contributed by atoms with Crippen molar-refractivity contribution in [2.24, 2.45) is 5.41 Å². The van der Waals surface area contributed by atoms with Crippen LogP contribution in [0.5, 0.6) is 5.75 Å². The number of aromatic carboxylic acids is 1. The molecule has 212 valence electrons. The summed E-state index contributed by atoms with van der Waals surface area (Å²) in [4.78, 5) is 43.6. The van der Waals surface area contributed by atoms with Gasteiger partial charge in [-0.05, 0) is 54.8 Å². The second-order valence-electron chi connectivity index (χ2n) is 9.84. The van der Waals surface area contributed by atoms with Gasteiger partial charge in [0.15, 0.2) is 0 Å². The molecular weight excluding hydrogens is 527 g/mol. The highest BCUT2D eigenvalue weighted by Gasteiger charge is 2.39. The van der Waals surface area contributed by atoms with Crippen molar-refractivity contribution in [3.8, 4) is 5.75 Å². The van der Waals surface area contributed by atoms with Crippen molar-refractivity contribution in [3.63, 3.8) is 0 Å². The normalized spacial score (nSPS) is 11.3. The first-order valence-electron chi connectivity index (χ1n) is 13.3. The Morgan fingerprint density at radius 1 is 0.927 bits per heavy atom. The number of aromatic nitrogens is 1. The Morgan fingerprint density at radius 3 is 2.37 bits per heavy atom. The number of aliphatic carboxylic acids is 1. The smallest absolute Gasteiger partial charge is 0.336 e. The molecule has 0 spiro atoms. The molecule has 4 aromatic rings. The Morgan fingerprint density at radius 2 is 1.66 bits per heavy atom. The van der Waals surface area contributed by atoms with E-state index in [0.717, 1.165) is 5.39 Å². The van der Waals surface area contributed by atoms with Crippen LogP contribution in [0, 0.1) is 11.2 Å². The van der Waals surface area contributed by atoms with E-state index in [-0.39, 0.29) is 43.8 Å². The molecule has 0 aliphatic heterocycles. The van der Waals surface area contributed by atoms with Gasteiger partial charge < -0.3 is 19.8 Å². The van der Waals surface area contributed by atoms with Gasteiger partial charge in [-0.25, -0.2) is 14.2 Å². The molecule has 3 aromatic carbocycles. The number of hydrogen-bond acceptors (Lipinski definition) is 5. The molecule has 1 heterocycles. The maximum atomic E-state index is 13.7. The zero-order valence-corrected chi connectivity index (χ0v) is 22.8. The van der Waals surface area contributed by atoms with Crippen LogP contribution in [0.4, 0.5) is 10.1 Å². The summed E-state index contributed by atoms with van der Waals surface area (Å²) in [6.07, 6.45) is 0.263. The van der Waals surface area contributed by atoms with Gasteiger partial charge in [0.25, 0.3) is 0 Å². The molecule has 4 rings (SSSR count). The van der Waals surface area contributed by atoms with E-state index in [1.54, 1.807) is 68.4 Å². The number of rotatable bonds is 12. The van der Waals surface area contributed by atoms with Crippen LogP contribution in [0.25, 0.3) is 10.9 Å². The van der Waals surface area contributed by atoms with Gasteiger partial charge in [0.1, 0.15) is 18.2 Å². The quantitative estimate of drug-likeness (QED) is 0.205. The van der Waals surface area contributed by atoms with Crippen LogP contribution in [-0.4, -0.2) is 33.0 Å². The summed E-state index contributed by atoms with van der Waals surface area (Å²) < 4.78 is 19.6. The maximum absolute atomic E-state index is 13.7. The van der Waals surface area contributed by atoms with Crippen molar-refractivity contribution in [1.82, 2.24) is 4.98 Å². The molecule has 9 heteroatoms. The summed E-state index contributed by atoms with van der Waals surface area (Å²) in [5.41, 5.74) is 0.703. The Bertz CT molecular complexity index is 1580. The number of carbonyl (C=O) groups is 3. The highest BCUT2D eigenvalue weighted by molar-refractivity contribution is 5.97. The minimum atomic E-state index is -1.25. The molecule has 0 bridgehead atoms. The van der Waals surface area contributed by atoms with E-state index >= 15 is 0 Å². The van der Waals surface area contributed by atoms with Gasteiger partial charge in [-0.3, -0.25) is 9.59 Å². The highest BCUT2D eigenvalue weighted by atomic mass is 19.1. The molecule has 2 N–H and O–H groups in total. The Hall–Kier alpha value is -4.79. The lowest BCUT2D eigenvalue weighted by molar-refractivity contribution is -0.152. The third kappa shape index (κ3) is 6.69. The monoisotopic (exact) mass is 558 g/mol. The number of anilines is 1. The van der Waals surface area contributed by atoms with E-state index in [0.29, 0.717) is 28.2 Å². The summed E-state index contributed by atoms with van der Waals surface area (Å²) in [5.74, 6) is -2.60. The first-order chi connectivity index (χ1) is 19.7. The zero-order chi connectivity index (χ0) is 29.6.